The fraction of sp³-hybridized carbons (Fsp3) is 0.364. The molecule has 2 aromatic carbocycles. The topological polar surface area (TPSA) is 59.4 Å². The van der Waals surface area contributed by atoms with Gasteiger partial charge in [0.25, 0.3) is 0 Å². The van der Waals surface area contributed by atoms with Crippen molar-refractivity contribution in [3.05, 3.63) is 47.5 Å². The summed E-state index contributed by atoms with van der Waals surface area (Å²) in [7, 11) is 0. The van der Waals surface area contributed by atoms with Crippen molar-refractivity contribution in [2.24, 2.45) is 5.92 Å². The zero-order chi connectivity index (χ0) is 18.8. The Kier molecular flexibility index (Phi) is 5.12. The van der Waals surface area contributed by atoms with Gasteiger partial charge in [-0.1, -0.05) is 25.0 Å². The molecule has 1 unspecified atom stereocenters. The molecule has 0 spiro atoms. The van der Waals surface area contributed by atoms with Crippen molar-refractivity contribution in [1.82, 2.24) is 4.98 Å². The minimum atomic E-state index is -0.821. The number of hydrogen-bond donors (Lipinski definition) is 1. The molecule has 0 radical (unpaired) electrons. The molecule has 1 aromatic heterocycles. The third kappa shape index (κ3) is 3.83. The molecular formula is C22H23NO3S. The normalized spacial score (nSPS) is 15.9. The first kappa shape index (κ1) is 18.0. The Morgan fingerprint density at radius 1 is 1.26 bits per heavy atom. The molecule has 1 saturated carbocycles. The Bertz CT molecular complexity index is 959. The quantitative estimate of drug-likeness (QED) is 0.593. The molecule has 4 nitrogen and oxygen atoms in total. The summed E-state index contributed by atoms with van der Waals surface area (Å²) in [5.41, 5.74) is 5.60. The van der Waals surface area contributed by atoms with E-state index in [2.05, 4.69) is 11.1 Å². The summed E-state index contributed by atoms with van der Waals surface area (Å²) >= 11 is 1.61. The zero-order valence-corrected chi connectivity index (χ0v) is 16.2. The van der Waals surface area contributed by atoms with Crippen molar-refractivity contribution < 1.29 is 14.6 Å². The fourth-order valence-electron chi connectivity index (χ4n) is 3.72. The first-order chi connectivity index (χ1) is 13.1. The number of carboxylic acids is 1. The Morgan fingerprint density at radius 3 is 2.85 bits per heavy atom. The molecule has 27 heavy (non-hydrogen) atoms. The molecule has 4 rings (SSSR count). The summed E-state index contributed by atoms with van der Waals surface area (Å²) in [6.07, 6.45) is 5.04. The highest BCUT2D eigenvalue weighted by Gasteiger charge is 2.19. The van der Waals surface area contributed by atoms with Crippen LogP contribution in [0.5, 0.6) is 5.75 Å². The molecule has 1 atom stereocenters. The van der Waals surface area contributed by atoms with Gasteiger partial charge in [-0.3, -0.25) is 4.79 Å². The van der Waals surface area contributed by atoms with E-state index in [0.29, 0.717) is 5.92 Å². The second-order valence-corrected chi connectivity index (χ2v) is 8.20. The van der Waals surface area contributed by atoms with Gasteiger partial charge in [-0.2, -0.15) is 0 Å². The van der Waals surface area contributed by atoms with Gasteiger partial charge in [-0.25, -0.2) is 4.98 Å². The summed E-state index contributed by atoms with van der Waals surface area (Å²) in [4.78, 5) is 15.8. The lowest BCUT2D eigenvalue weighted by Gasteiger charge is -2.17. The summed E-state index contributed by atoms with van der Waals surface area (Å²) in [6.45, 7) is 2.44. The summed E-state index contributed by atoms with van der Waals surface area (Å²) < 4.78 is 7.32. The van der Waals surface area contributed by atoms with Crippen molar-refractivity contribution in [1.29, 1.82) is 0 Å². The molecule has 140 valence electrons. The van der Waals surface area contributed by atoms with E-state index in [1.54, 1.807) is 18.3 Å². The van der Waals surface area contributed by atoms with Gasteiger partial charge in [0.15, 0.2) is 0 Å². The van der Waals surface area contributed by atoms with Crippen LogP contribution in [0.3, 0.4) is 0 Å². The van der Waals surface area contributed by atoms with Gasteiger partial charge in [0, 0.05) is 5.56 Å². The molecule has 1 heterocycles. The van der Waals surface area contributed by atoms with E-state index >= 15 is 0 Å². The van der Waals surface area contributed by atoms with Crippen LogP contribution in [-0.2, 0) is 4.79 Å². The summed E-state index contributed by atoms with van der Waals surface area (Å²) in [5, 5.41) is 9.39. The number of carbonyl (C=O) groups is 1. The van der Waals surface area contributed by atoms with E-state index in [4.69, 9.17) is 4.74 Å². The Hall–Kier alpha value is -2.40. The van der Waals surface area contributed by atoms with Gasteiger partial charge in [0.05, 0.1) is 28.3 Å². The van der Waals surface area contributed by atoms with Crippen LogP contribution < -0.4 is 4.74 Å². The number of aliphatic carboxylic acids is 1. The predicted molar refractivity (Wildman–Crippen MR) is 109 cm³/mol. The lowest BCUT2D eigenvalue weighted by Crippen LogP contribution is -2.10. The van der Waals surface area contributed by atoms with E-state index in [-0.39, 0.29) is 0 Å². The number of ether oxygens (including phenoxy) is 1. The molecule has 1 N–H and O–H groups in total. The van der Waals surface area contributed by atoms with Crippen LogP contribution in [0.2, 0.25) is 0 Å². The maximum atomic E-state index is 11.4. The van der Waals surface area contributed by atoms with Crippen molar-refractivity contribution >= 4 is 27.5 Å². The van der Waals surface area contributed by atoms with E-state index in [0.717, 1.165) is 39.3 Å². The Labute approximate surface area is 162 Å². The number of rotatable bonds is 6. The van der Waals surface area contributed by atoms with Gasteiger partial charge in [-0.05, 0) is 61.1 Å². The van der Waals surface area contributed by atoms with Gasteiger partial charge in [-0.15, -0.1) is 11.3 Å². The minimum Gasteiger partial charge on any atom is -0.493 e. The molecule has 5 heteroatoms. The van der Waals surface area contributed by atoms with E-state index in [9.17, 15) is 9.90 Å². The maximum Gasteiger partial charge on any atom is 0.310 e. The lowest BCUT2D eigenvalue weighted by atomic mass is 9.95. The third-order valence-electron chi connectivity index (χ3n) is 5.47. The highest BCUT2D eigenvalue weighted by molar-refractivity contribution is 7.16. The third-order valence-corrected chi connectivity index (χ3v) is 6.26. The fourth-order valence-corrected chi connectivity index (χ4v) is 4.43. The monoisotopic (exact) mass is 381 g/mol. The average molecular weight is 381 g/mol. The average Bonchev–Trinajstić information content (AvgIpc) is 3.36. The van der Waals surface area contributed by atoms with E-state index in [1.807, 2.05) is 35.8 Å². The van der Waals surface area contributed by atoms with E-state index in [1.165, 1.54) is 25.7 Å². The number of thiazole rings is 1. The number of aromatic nitrogens is 1. The molecule has 1 aliphatic carbocycles. The number of hydrogen-bond acceptors (Lipinski definition) is 4. The minimum absolute atomic E-state index is 0.556. The van der Waals surface area contributed by atoms with Gasteiger partial charge in [0.2, 0.25) is 0 Å². The molecule has 0 amide bonds. The molecular weight excluding hydrogens is 358 g/mol. The first-order valence-electron chi connectivity index (χ1n) is 9.45. The SMILES string of the molecule is CC(C(=O)O)c1ccc(OCC2CCCC2)c(-c2ccc3ncsc3c2)c1. The Balaban J connectivity index is 1.71. The summed E-state index contributed by atoms with van der Waals surface area (Å²) in [6, 6.07) is 11.9. The van der Waals surface area contributed by atoms with Gasteiger partial charge in [0.1, 0.15) is 5.75 Å². The smallest absolute Gasteiger partial charge is 0.310 e. The van der Waals surface area contributed by atoms with Crippen LogP contribution in [0.1, 0.15) is 44.1 Å². The number of nitrogens with zero attached hydrogens (tertiary/aromatic N) is 1. The first-order valence-corrected chi connectivity index (χ1v) is 10.3. The largest absolute Gasteiger partial charge is 0.493 e. The molecule has 0 aliphatic heterocycles. The molecule has 3 aromatic rings. The molecule has 0 bridgehead atoms. The van der Waals surface area contributed by atoms with Crippen LogP contribution in [0.25, 0.3) is 21.3 Å². The number of benzene rings is 2. The second kappa shape index (κ2) is 7.69. The number of fused-ring (bicyclic) bond motifs is 1. The highest BCUT2D eigenvalue weighted by atomic mass is 32.1. The number of carboxylic acid groups (broad SMARTS) is 1. The van der Waals surface area contributed by atoms with Gasteiger partial charge < -0.3 is 9.84 Å². The van der Waals surface area contributed by atoms with Crippen LogP contribution in [-0.4, -0.2) is 22.7 Å². The second-order valence-electron chi connectivity index (χ2n) is 7.31. The van der Waals surface area contributed by atoms with Crippen LogP contribution in [0, 0.1) is 5.92 Å². The van der Waals surface area contributed by atoms with Crippen molar-refractivity contribution in [3.8, 4) is 16.9 Å². The zero-order valence-electron chi connectivity index (χ0n) is 15.4. The van der Waals surface area contributed by atoms with Gasteiger partial charge >= 0.3 is 5.97 Å². The van der Waals surface area contributed by atoms with Crippen LogP contribution >= 0.6 is 11.3 Å². The van der Waals surface area contributed by atoms with Crippen molar-refractivity contribution in [3.63, 3.8) is 0 Å². The summed E-state index contributed by atoms with van der Waals surface area (Å²) in [5.74, 6) is 0.0739. The maximum absolute atomic E-state index is 11.4. The highest BCUT2D eigenvalue weighted by Crippen LogP contribution is 2.36. The van der Waals surface area contributed by atoms with Crippen LogP contribution in [0.15, 0.2) is 41.9 Å². The lowest BCUT2D eigenvalue weighted by molar-refractivity contribution is -0.138. The van der Waals surface area contributed by atoms with E-state index < -0.39 is 11.9 Å². The Morgan fingerprint density at radius 2 is 2.07 bits per heavy atom. The molecule has 1 fully saturated rings. The predicted octanol–water partition coefficient (Wildman–Crippen LogP) is 5.72. The van der Waals surface area contributed by atoms with Crippen molar-refractivity contribution in [2.45, 2.75) is 38.5 Å². The standard InChI is InChI=1S/C22H23NO3S/c1-14(22(24)25)16-7-9-20(26-12-15-4-2-3-5-15)18(10-16)17-6-8-19-21(11-17)27-13-23-19/h6-11,13-15H,2-5,12H2,1H3,(H,24,25). The van der Waals surface area contributed by atoms with Crippen LogP contribution in [0.4, 0.5) is 0 Å². The molecule has 0 saturated heterocycles. The van der Waals surface area contributed by atoms with Crippen molar-refractivity contribution in [2.75, 3.05) is 6.61 Å². The molecule has 1 aliphatic rings.